The van der Waals surface area contributed by atoms with Crippen LogP contribution in [0.25, 0.3) is 11.0 Å². The van der Waals surface area contributed by atoms with Gasteiger partial charge in [-0.15, -0.1) is 0 Å². The predicted octanol–water partition coefficient (Wildman–Crippen LogP) is 4.63. The van der Waals surface area contributed by atoms with E-state index in [0.29, 0.717) is 44.1 Å². The molecular weight excluding hydrogens is 477 g/mol. The highest BCUT2D eigenvalue weighted by Gasteiger charge is 2.42. The molecule has 2 amide bonds. The lowest BCUT2D eigenvalue weighted by molar-refractivity contribution is -0.123. The van der Waals surface area contributed by atoms with Crippen LogP contribution in [0.1, 0.15) is 65.9 Å². The number of aldehydes is 1. The van der Waals surface area contributed by atoms with Gasteiger partial charge >= 0.3 is 0 Å². The van der Waals surface area contributed by atoms with Gasteiger partial charge in [0.15, 0.2) is 23.6 Å². The van der Waals surface area contributed by atoms with Gasteiger partial charge in [0.25, 0.3) is 5.91 Å². The van der Waals surface area contributed by atoms with Crippen molar-refractivity contribution in [1.82, 2.24) is 5.32 Å². The second-order valence-electron chi connectivity index (χ2n) is 9.74. The third kappa shape index (κ3) is 4.85. The summed E-state index contributed by atoms with van der Waals surface area (Å²) in [6.07, 6.45) is 4.60. The molecule has 1 aliphatic heterocycles. The lowest BCUT2D eigenvalue weighted by Gasteiger charge is -2.36. The molecule has 1 saturated heterocycles. The molecule has 3 aromatic rings. The van der Waals surface area contributed by atoms with Gasteiger partial charge in [-0.3, -0.25) is 19.2 Å². The molecule has 0 unspecified atom stereocenters. The monoisotopic (exact) mass is 505 g/mol. The van der Waals surface area contributed by atoms with Crippen molar-refractivity contribution in [3.63, 3.8) is 0 Å². The molecule has 192 valence electrons. The van der Waals surface area contributed by atoms with Crippen molar-refractivity contribution in [2.75, 3.05) is 23.3 Å². The van der Waals surface area contributed by atoms with Crippen LogP contribution in [0.3, 0.4) is 0 Å². The van der Waals surface area contributed by atoms with Crippen molar-refractivity contribution in [1.29, 1.82) is 0 Å². The van der Waals surface area contributed by atoms with Gasteiger partial charge in [0, 0.05) is 18.4 Å². The first-order valence-corrected chi connectivity index (χ1v) is 12.6. The standard InChI is InChI=1S/C28H28FN3O5/c29-25-20(17-33)21(10-11-22(25)32-14-6-8-19(34)16-32)30-27(36)28(12-4-1-5-13-28)31-26(35)24-15-18-7-2-3-9-23(18)37-24/h2-3,7,9-11,15,17H,1,4-6,8,12-14,16H2,(H,30,36)(H,31,35). The van der Waals surface area contributed by atoms with E-state index in [2.05, 4.69) is 10.6 Å². The number of carbonyl (C=O) groups excluding carboxylic acids is 4. The van der Waals surface area contributed by atoms with E-state index in [4.69, 9.17) is 4.42 Å². The van der Waals surface area contributed by atoms with Crippen molar-refractivity contribution in [3.8, 4) is 0 Å². The van der Waals surface area contributed by atoms with Crippen LogP contribution < -0.4 is 15.5 Å². The number of fused-ring (bicyclic) bond motifs is 1. The zero-order valence-corrected chi connectivity index (χ0v) is 20.3. The van der Waals surface area contributed by atoms with Gasteiger partial charge in [-0.2, -0.15) is 0 Å². The topological polar surface area (TPSA) is 109 Å². The largest absolute Gasteiger partial charge is 0.451 e. The zero-order valence-electron chi connectivity index (χ0n) is 20.3. The number of hydrogen-bond acceptors (Lipinski definition) is 6. The first-order chi connectivity index (χ1) is 17.9. The van der Waals surface area contributed by atoms with Crippen molar-refractivity contribution in [3.05, 3.63) is 59.6 Å². The van der Waals surface area contributed by atoms with Crippen LogP contribution in [0.5, 0.6) is 0 Å². The second kappa shape index (κ2) is 10.2. The first kappa shape index (κ1) is 24.7. The molecule has 2 heterocycles. The molecule has 0 atom stereocenters. The molecule has 1 aromatic heterocycles. The molecule has 9 heteroatoms. The van der Waals surface area contributed by atoms with Crippen molar-refractivity contribution in [2.24, 2.45) is 0 Å². The third-order valence-corrected chi connectivity index (χ3v) is 7.26. The summed E-state index contributed by atoms with van der Waals surface area (Å²) in [6.45, 7) is 0.585. The summed E-state index contributed by atoms with van der Waals surface area (Å²) in [5.74, 6) is -1.71. The van der Waals surface area contributed by atoms with Gasteiger partial charge in [-0.05, 0) is 43.5 Å². The lowest BCUT2D eigenvalue weighted by atomic mass is 9.80. The Balaban J connectivity index is 1.40. The number of Topliss-reactive ketones (excluding diaryl/α,β-unsaturated/α-hetero) is 1. The summed E-state index contributed by atoms with van der Waals surface area (Å²) >= 11 is 0. The van der Waals surface area contributed by atoms with Crippen LogP contribution in [0, 0.1) is 5.82 Å². The normalized spacial score (nSPS) is 17.4. The van der Waals surface area contributed by atoms with Crippen LogP contribution in [-0.2, 0) is 9.59 Å². The summed E-state index contributed by atoms with van der Waals surface area (Å²) in [7, 11) is 0. The fraction of sp³-hybridized carbons (Fsp3) is 0.357. The Morgan fingerprint density at radius 3 is 2.57 bits per heavy atom. The molecule has 0 bridgehead atoms. The Kier molecular flexibility index (Phi) is 6.78. The zero-order chi connectivity index (χ0) is 26.0. The molecule has 37 heavy (non-hydrogen) atoms. The van der Waals surface area contributed by atoms with Crippen LogP contribution in [0.15, 0.2) is 46.9 Å². The van der Waals surface area contributed by atoms with E-state index in [-0.39, 0.29) is 35.0 Å². The number of ketones is 1. The lowest BCUT2D eigenvalue weighted by Crippen LogP contribution is -2.57. The molecule has 0 spiro atoms. The Morgan fingerprint density at radius 2 is 1.84 bits per heavy atom. The summed E-state index contributed by atoms with van der Waals surface area (Å²) in [5, 5.41) is 6.35. The fourth-order valence-corrected chi connectivity index (χ4v) is 5.27. The number of hydrogen-bond donors (Lipinski definition) is 2. The Morgan fingerprint density at radius 1 is 1.05 bits per heavy atom. The van der Waals surface area contributed by atoms with Crippen molar-refractivity contribution < 1.29 is 28.0 Å². The highest BCUT2D eigenvalue weighted by Crippen LogP contribution is 2.33. The number of nitrogens with one attached hydrogen (secondary N) is 2. The fourth-order valence-electron chi connectivity index (χ4n) is 5.27. The van der Waals surface area contributed by atoms with Crippen LogP contribution >= 0.6 is 0 Å². The molecule has 5 rings (SSSR count). The van der Waals surface area contributed by atoms with Crippen molar-refractivity contribution in [2.45, 2.75) is 50.5 Å². The minimum Gasteiger partial charge on any atom is -0.451 e. The van der Waals surface area contributed by atoms with E-state index >= 15 is 4.39 Å². The molecule has 2 aliphatic rings. The quantitative estimate of drug-likeness (QED) is 0.473. The van der Waals surface area contributed by atoms with E-state index in [1.807, 2.05) is 18.2 Å². The minimum absolute atomic E-state index is 0.00937. The van der Waals surface area contributed by atoms with E-state index in [0.717, 1.165) is 24.6 Å². The molecule has 8 nitrogen and oxygen atoms in total. The third-order valence-electron chi connectivity index (χ3n) is 7.26. The second-order valence-corrected chi connectivity index (χ2v) is 9.74. The summed E-state index contributed by atoms with van der Waals surface area (Å²) in [6, 6.07) is 11.8. The molecule has 1 aliphatic carbocycles. The van der Waals surface area contributed by atoms with Gasteiger partial charge in [0.1, 0.15) is 11.1 Å². The van der Waals surface area contributed by atoms with Crippen LogP contribution in [0.2, 0.25) is 0 Å². The van der Waals surface area contributed by atoms with Gasteiger partial charge in [-0.25, -0.2) is 4.39 Å². The number of para-hydroxylation sites is 1. The number of rotatable bonds is 6. The number of halogens is 1. The number of nitrogens with zero attached hydrogens (tertiary/aromatic N) is 1. The maximum absolute atomic E-state index is 15.3. The Labute approximate surface area is 213 Å². The Hall–Kier alpha value is -4.01. The van der Waals surface area contributed by atoms with Gasteiger partial charge in [-0.1, -0.05) is 37.5 Å². The van der Waals surface area contributed by atoms with Gasteiger partial charge in [0.05, 0.1) is 23.5 Å². The number of piperidine rings is 1. The van der Waals surface area contributed by atoms with Crippen LogP contribution in [-0.4, -0.2) is 42.5 Å². The number of benzene rings is 2. The highest BCUT2D eigenvalue weighted by molar-refractivity contribution is 6.06. The minimum atomic E-state index is -1.23. The molecule has 0 radical (unpaired) electrons. The average molecular weight is 506 g/mol. The molecule has 2 fully saturated rings. The van der Waals surface area contributed by atoms with Crippen LogP contribution in [0.4, 0.5) is 15.8 Å². The van der Waals surface area contributed by atoms with E-state index < -0.39 is 23.2 Å². The van der Waals surface area contributed by atoms with Gasteiger partial charge < -0.3 is 20.0 Å². The number of carbonyl (C=O) groups is 4. The molecule has 2 aromatic carbocycles. The maximum Gasteiger partial charge on any atom is 0.287 e. The maximum atomic E-state index is 15.3. The molecule has 1 saturated carbocycles. The molecule has 2 N–H and O–H groups in total. The summed E-state index contributed by atoms with van der Waals surface area (Å²) < 4.78 is 21.0. The SMILES string of the molecule is O=Cc1c(NC(=O)C2(NC(=O)c3cc4ccccc4o3)CCCCC2)ccc(N2CCCC(=O)C2)c1F. The highest BCUT2D eigenvalue weighted by atomic mass is 19.1. The van der Waals surface area contributed by atoms with E-state index in [1.54, 1.807) is 17.0 Å². The molecular formula is C28H28FN3O5. The first-order valence-electron chi connectivity index (χ1n) is 12.6. The predicted molar refractivity (Wildman–Crippen MR) is 136 cm³/mol. The van der Waals surface area contributed by atoms with Gasteiger partial charge in [0.2, 0.25) is 5.91 Å². The summed E-state index contributed by atoms with van der Waals surface area (Å²) in [4.78, 5) is 52.0. The number of amides is 2. The Bertz CT molecular complexity index is 1340. The summed E-state index contributed by atoms with van der Waals surface area (Å²) in [5.41, 5.74) is -0.788. The van der Waals surface area contributed by atoms with E-state index in [1.165, 1.54) is 12.1 Å². The number of furan rings is 1. The van der Waals surface area contributed by atoms with E-state index in [9.17, 15) is 19.2 Å². The number of anilines is 2. The average Bonchev–Trinajstić information content (AvgIpc) is 3.34. The smallest absolute Gasteiger partial charge is 0.287 e. The van der Waals surface area contributed by atoms with Crippen molar-refractivity contribution >= 4 is 46.2 Å².